The lowest BCUT2D eigenvalue weighted by atomic mass is 10.1. The molecule has 14 heavy (non-hydrogen) atoms. The second kappa shape index (κ2) is 3.78. The van der Waals surface area contributed by atoms with E-state index in [9.17, 15) is 4.79 Å². The van der Waals surface area contributed by atoms with Crippen LogP contribution < -0.4 is 0 Å². The number of benzene rings is 1. The minimum Gasteiger partial charge on any atom is -0.294 e. The van der Waals surface area contributed by atoms with E-state index >= 15 is 0 Å². The molecule has 0 bridgehead atoms. The first kappa shape index (κ1) is 10.4. The molecule has 1 aromatic rings. The van der Waals surface area contributed by atoms with Gasteiger partial charge in [-0.05, 0) is 37.5 Å². The van der Waals surface area contributed by atoms with Crippen LogP contribution in [0.3, 0.4) is 0 Å². The molecule has 1 nitrogen and oxygen atoms in total. The summed E-state index contributed by atoms with van der Waals surface area (Å²) in [6, 6.07) is 3.90. The number of carbonyl (C=O) groups is 1. The van der Waals surface area contributed by atoms with Crippen molar-refractivity contribution in [2.45, 2.75) is 19.8 Å². The molecule has 0 heterocycles. The van der Waals surface area contributed by atoms with Crippen LogP contribution in [0, 0.1) is 12.8 Å². The Labute approximate surface area is 100 Å². The Morgan fingerprint density at radius 3 is 2.50 bits per heavy atom. The number of hydrogen-bond acceptors (Lipinski definition) is 1. The molecule has 0 aliphatic heterocycles. The Morgan fingerprint density at radius 2 is 1.93 bits per heavy atom. The topological polar surface area (TPSA) is 17.1 Å². The molecule has 2 rings (SSSR count). The summed E-state index contributed by atoms with van der Waals surface area (Å²) in [7, 11) is 0. The Hall–Kier alpha value is -0.150. The van der Waals surface area contributed by atoms with Gasteiger partial charge in [0, 0.05) is 20.4 Å². The average Bonchev–Trinajstić information content (AvgIpc) is 2.93. The summed E-state index contributed by atoms with van der Waals surface area (Å²) in [5, 5.41) is 0. The predicted octanol–water partition coefficient (Wildman–Crippen LogP) is 4.11. The first-order valence-corrected chi connectivity index (χ1v) is 6.18. The molecule has 0 spiro atoms. The Bertz CT molecular complexity index is 395. The van der Waals surface area contributed by atoms with E-state index in [1.807, 2.05) is 19.1 Å². The van der Waals surface area contributed by atoms with Crippen molar-refractivity contribution in [3.8, 4) is 0 Å². The van der Waals surface area contributed by atoms with Gasteiger partial charge in [0.05, 0.1) is 0 Å². The zero-order valence-electron chi connectivity index (χ0n) is 7.81. The van der Waals surface area contributed by atoms with E-state index < -0.39 is 0 Å². The van der Waals surface area contributed by atoms with Crippen molar-refractivity contribution in [2.75, 3.05) is 0 Å². The molecule has 0 unspecified atom stereocenters. The lowest BCUT2D eigenvalue weighted by Crippen LogP contribution is -2.02. The number of aryl methyl sites for hydroxylation is 1. The van der Waals surface area contributed by atoms with Gasteiger partial charge in [-0.25, -0.2) is 0 Å². The highest BCUT2D eigenvalue weighted by molar-refractivity contribution is 9.11. The first-order chi connectivity index (χ1) is 6.59. The molecule has 0 aromatic heterocycles. The monoisotopic (exact) mass is 316 g/mol. The molecule has 0 saturated heterocycles. The van der Waals surface area contributed by atoms with Gasteiger partial charge in [0.1, 0.15) is 0 Å². The zero-order valence-corrected chi connectivity index (χ0v) is 11.0. The van der Waals surface area contributed by atoms with Crippen molar-refractivity contribution in [1.29, 1.82) is 0 Å². The second-order valence-corrected chi connectivity index (χ2v) is 5.43. The molecular formula is C11H10Br2O. The molecule has 1 aliphatic rings. The third-order valence-electron chi connectivity index (χ3n) is 2.46. The summed E-state index contributed by atoms with van der Waals surface area (Å²) in [6.45, 7) is 2.01. The summed E-state index contributed by atoms with van der Waals surface area (Å²) in [5.74, 6) is 0.554. The number of carbonyl (C=O) groups excluding carboxylic acids is 1. The van der Waals surface area contributed by atoms with Gasteiger partial charge in [-0.1, -0.05) is 31.9 Å². The highest BCUT2D eigenvalue weighted by atomic mass is 79.9. The van der Waals surface area contributed by atoms with E-state index in [0.717, 1.165) is 32.9 Å². The number of Topliss-reactive ketones (excluding diaryl/α,β-unsaturated/α-hetero) is 1. The van der Waals surface area contributed by atoms with Gasteiger partial charge < -0.3 is 0 Å². The lowest BCUT2D eigenvalue weighted by Gasteiger charge is -2.05. The Kier molecular flexibility index (Phi) is 2.80. The van der Waals surface area contributed by atoms with Crippen LogP contribution in [0.25, 0.3) is 0 Å². The number of halogens is 2. The van der Waals surface area contributed by atoms with Crippen LogP contribution in [-0.2, 0) is 0 Å². The quantitative estimate of drug-likeness (QED) is 0.750. The van der Waals surface area contributed by atoms with E-state index in [0.29, 0.717) is 0 Å². The zero-order chi connectivity index (χ0) is 10.3. The highest BCUT2D eigenvalue weighted by Gasteiger charge is 2.31. The first-order valence-electron chi connectivity index (χ1n) is 4.59. The van der Waals surface area contributed by atoms with Crippen LogP contribution in [0.15, 0.2) is 21.1 Å². The maximum atomic E-state index is 11.8. The number of ketones is 1. The Balaban J connectivity index is 2.41. The summed E-state index contributed by atoms with van der Waals surface area (Å²) in [4.78, 5) is 11.8. The van der Waals surface area contributed by atoms with Gasteiger partial charge in [0.15, 0.2) is 5.78 Å². The molecule has 1 aliphatic carbocycles. The maximum absolute atomic E-state index is 11.8. The molecule has 1 aromatic carbocycles. The summed E-state index contributed by atoms with van der Waals surface area (Å²) < 4.78 is 1.92. The van der Waals surface area contributed by atoms with Crippen LogP contribution in [0.2, 0.25) is 0 Å². The standard InChI is InChI=1S/C11H10Br2O/c1-6-4-10(13)8(5-9(6)12)11(14)7-2-3-7/h4-5,7H,2-3H2,1H3. The van der Waals surface area contributed by atoms with Crippen molar-refractivity contribution < 1.29 is 4.79 Å². The van der Waals surface area contributed by atoms with Gasteiger partial charge in [-0.15, -0.1) is 0 Å². The smallest absolute Gasteiger partial charge is 0.167 e. The molecule has 0 radical (unpaired) electrons. The normalized spacial score (nSPS) is 15.6. The van der Waals surface area contributed by atoms with Crippen molar-refractivity contribution in [3.05, 3.63) is 32.2 Å². The molecule has 0 amide bonds. The van der Waals surface area contributed by atoms with Gasteiger partial charge in [0.25, 0.3) is 0 Å². The van der Waals surface area contributed by atoms with E-state index in [4.69, 9.17) is 0 Å². The van der Waals surface area contributed by atoms with E-state index in [1.165, 1.54) is 0 Å². The fourth-order valence-corrected chi connectivity index (χ4v) is 2.40. The predicted molar refractivity (Wildman–Crippen MR) is 63.6 cm³/mol. The summed E-state index contributed by atoms with van der Waals surface area (Å²) in [5.41, 5.74) is 1.95. The maximum Gasteiger partial charge on any atom is 0.167 e. The van der Waals surface area contributed by atoms with Crippen LogP contribution in [0.5, 0.6) is 0 Å². The molecule has 0 N–H and O–H groups in total. The minimum atomic E-state index is 0.276. The summed E-state index contributed by atoms with van der Waals surface area (Å²) in [6.07, 6.45) is 2.10. The van der Waals surface area contributed by atoms with Crippen LogP contribution in [0.1, 0.15) is 28.8 Å². The fraction of sp³-hybridized carbons (Fsp3) is 0.364. The van der Waals surface area contributed by atoms with Gasteiger partial charge >= 0.3 is 0 Å². The minimum absolute atomic E-state index is 0.276. The van der Waals surface area contributed by atoms with Gasteiger partial charge in [-0.3, -0.25) is 4.79 Å². The number of hydrogen-bond donors (Lipinski definition) is 0. The van der Waals surface area contributed by atoms with Crippen molar-refractivity contribution in [3.63, 3.8) is 0 Å². The third kappa shape index (κ3) is 1.94. The van der Waals surface area contributed by atoms with Crippen LogP contribution >= 0.6 is 31.9 Å². The van der Waals surface area contributed by atoms with Crippen molar-refractivity contribution in [1.82, 2.24) is 0 Å². The van der Waals surface area contributed by atoms with E-state index in [1.54, 1.807) is 0 Å². The van der Waals surface area contributed by atoms with Gasteiger partial charge in [0.2, 0.25) is 0 Å². The van der Waals surface area contributed by atoms with Crippen molar-refractivity contribution in [2.24, 2.45) is 5.92 Å². The van der Waals surface area contributed by atoms with Crippen LogP contribution in [-0.4, -0.2) is 5.78 Å². The largest absolute Gasteiger partial charge is 0.294 e. The molecule has 1 fully saturated rings. The van der Waals surface area contributed by atoms with E-state index in [-0.39, 0.29) is 11.7 Å². The molecular weight excluding hydrogens is 308 g/mol. The molecule has 1 saturated carbocycles. The highest BCUT2D eigenvalue weighted by Crippen LogP contribution is 2.36. The van der Waals surface area contributed by atoms with Gasteiger partial charge in [-0.2, -0.15) is 0 Å². The molecule has 0 atom stereocenters. The van der Waals surface area contributed by atoms with E-state index in [2.05, 4.69) is 31.9 Å². The van der Waals surface area contributed by atoms with Crippen molar-refractivity contribution >= 4 is 37.6 Å². The molecule has 3 heteroatoms. The fourth-order valence-electron chi connectivity index (χ4n) is 1.40. The molecule has 74 valence electrons. The average molecular weight is 318 g/mol. The second-order valence-electron chi connectivity index (χ2n) is 3.72. The summed E-state index contributed by atoms with van der Waals surface area (Å²) >= 11 is 6.88. The lowest BCUT2D eigenvalue weighted by molar-refractivity contribution is 0.0967. The third-order valence-corrected chi connectivity index (χ3v) is 3.97. The Morgan fingerprint density at radius 1 is 1.29 bits per heavy atom. The number of rotatable bonds is 2. The SMILES string of the molecule is Cc1cc(Br)c(C(=O)C2CC2)cc1Br. The van der Waals surface area contributed by atoms with Crippen LogP contribution in [0.4, 0.5) is 0 Å².